The Bertz CT molecular complexity index is 271. The lowest BCUT2D eigenvalue weighted by Gasteiger charge is -2.40. The monoisotopic (exact) mass is 241 g/mol. The van der Waals surface area contributed by atoms with Crippen LogP contribution >= 0.6 is 0 Å². The van der Waals surface area contributed by atoms with E-state index in [1.165, 1.54) is 0 Å². The topological polar surface area (TPSA) is 41.7 Å². The van der Waals surface area contributed by atoms with E-state index < -0.39 is 0 Å². The van der Waals surface area contributed by atoms with Crippen molar-refractivity contribution in [3.05, 3.63) is 0 Å². The van der Waals surface area contributed by atoms with Gasteiger partial charge in [0.1, 0.15) is 0 Å². The van der Waals surface area contributed by atoms with Crippen molar-refractivity contribution in [1.82, 2.24) is 9.80 Å². The van der Waals surface area contributed by atoms with E-state index in [4.69, 9.17) is 10.5 Å². The molecule has 4 unspecified atom stereocenters. The van der Waals surface area contributed by atoms with E-state index in [1.54, 1.807) is 0 Å². The highest BCUT2D eigenvalue weighted by Crippen LogP contribution is 2.36. The molecule has 2 saturated heterocycles. The number of nitrogens with two attached hydrogens (primary N) is 1. The van der Waals surface area contributed by atoms with Gasteiger partial charge in [-0.15, -0.1) is 0 Å². The lowest BCUT2D eigenvalue weighted by Crippen LogP contribution is -2.57. The molecule has 2 aliphatic rings. The third-order valence-corrected chi connectivity index (χ3v) is 4.88. The fourth-order valence-electron chi connectivity index (χ4n) is 3.57. The minimum Gasteiger partial charge on any atom is -0.376 e. The summed E-state index contributed by atoms with van der Waals surface area (Å²) in [5, 5.41) is 0. The van der Waals surface area contributed by atoms with Gasteiger partial charge in [0, 0.05) is 32.3 Å². The Hall–Kier alpha value is -0.160. The molecule has 0 radical (unpaired) electrons. The van der Waals surface area contributed by atoms with Crippen LogP contribution < -0.4 is 5.73 Å². The summed E-state index contributed by atoms with van der Waals surface area (Å²) in [6.45, 7) is 8.35. The van der Waals surface area contributed by atoms with Crippen molar-refractivity contribution < 1.29 is 4.74 Å². The summed E-state index contributed by atoms with van der Waals surface area (Å²) in [6.07, 6.45) is 1.35. The maximum Gasteiger partial charge on any atom is 0.0743 e. The average molecular weight is 241 g/mol. The molecule has 2 aliphatic heterocycles. The summed E-state index contributed by atoms with van der Waals surface area (Å²) >= 11 is 0. The Morgan fingerprint density at radius 1 is 1.35 bits per heavy atom. The third kappa shape index (κ3) is 2.12. The van der Waals surface area contributed by atoms with Crippen molar-refractivity contribution in [1.29, 1.82) is 0 Å². The molecular formula is C13H27N3O. The minimum atomic E-state index is 0.0824. The molecule has 4 atom stereocenters. The van der Waals surface area contributed by atoms with E-state index in [2.05, 4.69) is 37.7 Å². The number of ether oxygens (including phenoxy) is 1. The van der Waals surface area contributed by atoms with Crippen molar-refractivity contribution in [2.45, 2.75) is 38.0 Å². The molecule has 2 fully saturated rings. The quantitative estimate of drug-likeness (QED) is 0.775. The van der Waals surface area contributed by atoms with Crippen molar-refractivity contribution in [3.8, 4) is 0 Å². The number of likely N-dealkylation sites (tertiary alicyclic amines) is 1. The Balaban J connectivity index is 2.13. The first-order chi connectivity index (χ1) is 8.01. The summed E-state index contributed by atoms with van der Waals surface area (Å²) in [5.74, 6) is 0.709. The Morgan fingerprint density at radius 3 is 2.47 bits per heavy atom. The van der Waals surface area contributed by atoms with Gasteiger partial charge in [-0.2, -0.15) is 0 Å². The standard InChI is InChI=1S/C13H27N3O/c1-10-7-16(8-12(10)15(3)4)13(9-14)5-6-17-11(13)2/h10-12H,5-9,14H2,1-4H3. The molecule has 0 bridgehead atoms. The van der Waals surface area contributed by atoms with Crippen LogP contribution in [0, 0.1) is 5.92 Å². The fraction of sp³-hybridized carbons (Fsp3) is 1.00. The highest BCUT2D eigenvalue weighted by atomic mass is 16.5. The zero-order valence-corrected chi connectivity index (χ0v) is 11.6. The SMILES string of the molecule is CC1CN(C2(CN)CCOC2C)CC1N(C)C. The van der Waals surface area contributed by atoms with Crippen LogP contribution in [0.5, 0.6) is 0 Å². The molecule has 0 aliphatic carbocycles. The number of likely N-dealkylation sites (N-methyl/N-ethyl adjacent to an activating group) is 1. The van der Waals surface area contributed by atoms with E-state index in [0.717, 1.165) is 26.1 Å². The van der Waals surface area contributed by atoms with Gasteiger partial charge in [-0.05, 0) is 33.4 Å². The van der Waals surface area contributed by atoms with Crippen LogP contribution in [0.2, 0.25) is 0 Å². The summed E-state index contributed by atoms with van der Waals surface area (Å²) in [7, 11) is 4.35. The normalized spacial score (nSPS) is 43.8. The summed E-state index contributed by atoms with van der Waals surface area (Å²) in [5.41, 5.74) is 6.15. The number of hydrogen-bond donors (Lipinski definition) is 1. The van der Waals surface area contributed by atoms with Crippen molar-refractivity contribution in [3.63, 3.8) is 0 Å². The molecule has 4 nitrogen and oxygen atoms in total. The van der Waals surface area contributed by atoms with Gasteiger partial charge in [-0.1, -0.05) is 6.92 Å². The highest BCUT2D eigenvalue weighted by molar-refractivity contribution is 5.04. The first-order valence-electron chi connectivity index (χ1n) is 6.74. The van der Waals surface area contributed by atoms with Crippen LogP contribution in [0.3, 0.4) is 0 Å². The molecule has 0 aromatic carbocycles. The van der Waals surface area contributed by atoms with Gasteiger partial charge in [0.05, 0.1) is 11.6 Å². The van der Waals surface area contributed by atoms with E-state index in [1.807, 2.05) is 0 Å². The van der Waals surface area contributed by atoms with Crippen LogP contribution in [0.1, 0.15) is 20.3 Å². The molecule has 0 saturated carbocycles. The minimum absolute atomic E-state index is 0.0824. The maximum absolute atomic E-state index is 6.07. The molecule has 0 aromatic heterocycles. The van der Waals surface area contributed by atoms with Gasteiger partial charge in [-0.3, -0.25) is 4.90 Å². The number of nitrogens with zero attached hydrogens (tertiary/aromatic N) is 2. The van der Waals surface area contributed by atoms with Crippen molar-refractivity contribution >= 4 is 0 Å². The van der Waals surface area contributed by atoms with Crippen LogP contribution in [0.15, 0.2) is 0 Å². The first-order valence-corrected chi connectivity index (χ1v) is 6.74. The Morgan fingerprint density at radius 2 is 2.06 bits per heavy atom. The van der Waals surface area contributed by atoms with E-state index >= 15 is 0 Å². The molecular weight excluding hydrogens is 214 g/mol. The molecule has 2 rings (SSSR count). The van der Waals surface area contributed by atoms with Gasteiger partial charge >= 0.3 is 0 Å². The smallest absolute Gasteiger partial charge is 0.0743 e. The van der Waals surface area contributed by atoms with Crippen LogP contribution in [0.4, 0.5) is 0 Å². The third-order valence-electron chi connectivity index (χ3n) is 4.88. The predicted octanol–water partition coefficient (Wildman–Crippen LogP) is 0.375. The highest BCUT2D eigenvalue weighted by Gasteiger charge is 2.49. The summed E-state index contributed by atoms with van der Waals surface area (Å²) < 4.78 is 5.77. The molecule has 2 N–H and O–H groups in total. The number of rotatable bonds is 3. The molecule has 0 spiro atoms. The molecule has 2 heterocycles. The van der Waals surface area contributed by atoms with E-state index in [0.29, 0.717) is 18.5 Å². The first kappa shape index (κ1) is 13.3. The zero-order chi connectivity index (χ0) is 12.6. The van der Waals surface area contributed by atoms with Gasteiger partial charge in [0.2, 0.25) is 0 Å². The van der Waals surface area contributed by atoms with Crippen molar-refractivity contribution in [2.75, 3.05) is 40.3 Å². The lowest BCUT2D eigenvalue weighted by molar-refractivity contribution is 0.0235. The molecule has 4 heteroatoms. The van der Waals surface area contributed by atoms with Gasteiger partial charge in [0.25, 0.3) is 0 Å². The van der Waals surface area contributed by atoms with Gasteiger partial charge < -0.3 is 15.4 Å². The van der Waals surface area contributed by atoms with Crippen LogP contribution in [0.25, 0.3) is 0 Å². The molecule has 0 amide bonds. The summed E-state index contributed by atoms with van der Waals surface area (Å²) in [6, 6.07) is 0.645. The number of hydrogen-bond acceptors (Lipinski definition) is 4. The molecule has 17 heavy (non-hydrogen) atoms. The summed E-state index contributed by atoms with van der Waals surface area (Å²) in [4.78, 5) is 4.93. The van der Waals surface area contributed by atoms with Gasteiger partial charge in [0.15, 0.2) is 0 Å². The van der Waals surface area contributed by atoms with Crippen molar-refractivity contribution in [2.24, 2.45) is 11.7 Å². The van der Waals surface area contributed by atoms with E-state index in [9.17, 15) is 0 Å². The van der Waals surface area contributed by atoms with Crippen LogP contribution in [-0.4, -0.2) is 67.8 Å². The van der Waals surface area contributed by atoms with Crippen LogP contribution in [-0.2, 0) is 4.74 Å². The fourth-order valence-corrected chi connectivity index (χ4v) is 3.57. The largest absolute Gasteiger partial charge is 0.376 e. The second kappa shape index (κ2) is 4.84. The Kier molecular flexibility index (Phi) is 3.78. The van der Waals surface area contributed by atoms with E-state index in [-0.39, 0.29) is 11.6 Å². The second-order valence-corrected chi connectivity index (χ2v) is 5.98. The zero-order valence-electron chi connectivity index (χ0n) is 11.6. The maximum atomic E-state index is 6.07. The molecule has 0 aromatic rings. The second-order valence-electron chi connectivity index (χ2n) is 5.98. The lowest BCUT2D eigenvalue weighted by atomic mass is 9.90. The predicted molar refractivity (Wildman–Crippen MR) is 70.0 cm³/mol. The Labute approximate surface area is 105 Å². The average Bonchev–Trinajstić information content (AvgIpc) is 2.82. The van der Waals surface area contributed by atoms with Gasteiger partial charge in [-0.25, -0.2) is 0 Å². The molecule has 100 valence electrons.